The molecule has 0 saturated heterocycles. The molecule has 0 saturated carbocycles. The zero-order chi connectivity index (χ0) is 15.0. The summed E-state index contributed by atoms with van der Waals surface area (Å²) in [5.74, 6) is 0. The molecule has 9 nitrogen and oxygen atoms in total. The number of hydrogen-bond donors (Lipinski definition) is 4. The van der Waals surface area contributed by atoms with E-state index in [0.717, 1.165) is 13.1 Å². The zero-order valence-corrected chi connectivity index (χ0v) is 11.5. The molecule has 0 aliphatic rings. The molecule has 0 aromatic carbocycles. The summed E-state index contributed by atoms with van der Waals surface area (Å²) in [4.78, 5) is 8.33. The number of aliphatic hydroxyl groups is 2. The van der Waals surface area contributed by atoms with Gasteiger partial charge >= 0.3 is 0 Å². The van der Waals surface area contributed by atoms with Crippen LogP contribution >= 0.6 is 0 Å². The van der Waals surface area contributed by atoms with Crippen molar-refractivity contribution in [3.63, 3.8) is 0 Å². The van der Waals surface area contributed by atoms with Crippen molar-refractivity contribution in [1.82, 2.24) is 10.0 Å². The summed E-state index contributed by atoms with van der Waals surface area (Å²) >= 11 is 0. The van der Waals surface area contributed by atoms with Crippen molar-refractivity contribution in [3.8, 4) is 0 Å². The fourth-order valence-corrected chi connectivity index (χ4v) is 0.632. The predicted octanol–water partition coefficient (Wildman–Crippen LogP) is -6.41. The van der Waals surface area contributed by atoms with Crippen molar-refractivity contribution >= 4 is 6.16 Å². The fourth-order valence-electron chi connectivity index (χ4n) is 0.632. The number of nitrogens with zero attached hydrogens (tertiary/aromatic N) is 2. The maximum atomic E-state index is 8.33. The molecule has 0 aliphatic heterocycles. The highest BCUT2D eigenvalue weighted by atomic mass is 16.6. The zero-order valence-electron chi connectivity index (χ0n) is 11.5. The van der Waals surface area contributed by atoms with Crippen molar-refractivity contribution < 1.29 is 36.1 Å². The molecule has 6 N–H and O–H groups in total. The Morgan fingerprint density at radius 1 is 0.944 bits per heavy atom. The topological polar surface area (TPSA) is 143 Å². The van der Waals surface area contributed by atoms with Crippen molar-refractivity contribution in [2.75, 3.05) is 54.5 Å². The number of hydrogen-bond acceptors (Lipinski definition) is 7. The van der Waals surface area contributed by atoms with E-state index in [1.165, 1.54) is 0 Å². The first-order valence-corrected chi connectivity index (χ1v) is 5.37. The van der Waals surface area contributed by atoms with E-state index in [2.05, 4.69) is 0 Å². The molecule has 9 heteroatoms. The van der Waals surface area contributed by atoms with Gasteiger partial charge in [-0.25, -0.2) is 0 Å². The van der Waals surface area contributed by atoms with E-state index in [-0.39, 0.29) is 13.2 Å². The Labute approximate surface area is 108 Å². The monoisotopic (exact) mass is 270 g/mol. The van der Waals surface area contributed by atoms with E-state index in [9.17, 15) is 0 Å². The molecule has 112 valence electrons. The summed E-state index contributed by atoms with van der Waals surface area (Å²) in [6.45, 7) is 2.01. The van der Waals surface area contributed by atoms with Gasteiger partial charge in [0.15, 0.2) is 0 Å². The van der Waals surface area contributed by atoms with Gasteiger partial charge in [0, 0.05) is 28.2 Å². The molecule has 0 fully saturated rings. The molecular formula is C9H26N4O5. The summed E-state index contributed by atoms with van der Waals surface area (Å²) in [5, 5.41) is 37.0. The number of aliphatic hydroxyl groups excluding tert-OH is 2. The van der Waals surface area contributed by atoms with Gasteiger partial charge in [0.1, 0.15) is 13.1 Å². The molecule has 0 amide bonds. The maximum absolute atomic E-state index is 8.33. The number of quaternary nitrogens is 2. The first-order valence-electron chi connectivity index (χ1n) is 5.37. The third-order valence-corrected chi connectivity index (χ3v) is 1.25. The molecular weight excluding hydrogens is 244 g/mol. The molecule has 0 bridgehead atoms. The van der Waals surface area contributed by atoms with Crippen LogP contribution in [0, 0.1) is 0 Å². The number of carbonyl (C=O) groups excluding carboxylic acids is 1. The van der Waals surface area contributed by atoms with Crippen LogP contribution < -0.4 is 21.1 Å². The van der Waals surface area contributed by atoms with Crippen molar-refractivity contribution in [2.45, 2.75) is 0 Å². The van der Waals surface area contributed by atoms with Gasteiger partial charge < -0.3 is 25.2 Å². The SMILES string of the molecule is CN(C)[NH2+]CCO.CN(C)[NH2+]CCO.O=C([O-])[O-]. The lowest BCUT2D eigenvalue weighted by atomic mass is 10.7. The summed E-state index contributed by atoms with van der Waals surface area (Å²) in [6.07, 6.45) is -2.33. The van der Waals surface area contributed by atoms with Crippen LogP contribution in [0.4, 0.5) is 4.79 Å². The molecule has 0 heterocycles. The molecule has 0 radical (unpaired) electrons. The van der Waals surface area contributed by atoms with Gasteiger partial charge in [0.2, 0.25) is 0 Å². The lowest BCUT2D eigenvalue weighted by Crippen LogP contribution is -2.92. The average Bonchev–Trinajstić information content (AvgIpc) is 2.23. The van der Waals surface area contributed by atoms with Crippen LogP contribution in [0.15, 0.2) is 0 Å². The summed E-state index contributed by atoms with van der Waals surface area (Å²) in [5.41, 5.74) is 3.86. The van der Waals surface area contributed by atoms with Gasteiger partial charge in [0.05, 0.1) is 13.2 Å². The van der Waals surface area contributed by atoms with E-state index >= 15 is 0 Å². The highest BCUT2D eigenvalue weighted by Crippen LogP contribution is 1.44. The van der Waals surface area contributed by atoms with Crippen LogP contribution in [0.25, 0.3) is 0 Å². The molecule has 0 spiro atoms. The van der Waals surface area contributed by atoms with Crippen molar-refractivity contribution in [1.29, 1.82) is 0 Å². The molecule has 0 unspecified atom stereocenters. The molecule has 0 atom stereocenters. The Hall–Kier alpha value is -0.970. The van der Waals surface area contributed by atoms with Gasteiger partial charge in [-0.05, 0) is 6.16 Å². The largest absolute Gasteiger partial charge is 0.652 e. The standard InChI is InChI=1S/2C4H12N2O.CH2O3/c2*1-6(2)5-3-4-7;2-1(3)4/h2*5,7H,3-4H2,1-2H3;(H2,2,3,4). The summed E-state index contributed by atoms with van der Waals surface area (Å²) in [7, 11) is 7.76. The van der Waals surface area contributed by atoms with Gasteiger partial charge in [-0.2, -0.15) is 10.0 Å². The number of nitrogens with two attached hydrogens (primary N) is 2. The second-order valence-electron chi connectivity index (χ2n) is 3.57. The number of carbonyl (C=O) groups is 1. The lowest BCUT2D eigenvalue weighted by Gasteiger charge is -2.04. The van der Waals surface area contributed by atoms with E-state index in [1.54, 1.807) is 0 Å². The first kappa shape index (κ1) is 22.2. The molecule has 18 heavy (non-hydrogen) atoms. The summed E-state index contributed by atoms with van der Waals surface area (Å²) < 4.78 is 0. The third-order valence-electron chi connectivity index (χ3n) is 1.25. The molecule has 0 aromatic heterocycles. The number of rotatable bonds is 6. The van der Waals surface area contributed by atoms with E-state index in [4.69, 9.17) is 25.2 Å². The third kappa shape index (κ3) is 59.9. The van der Waals surface area contributed by atoms with Crippen LogP contribution in [-0.2, 0) is 0 Å². The minimum Gasteiger partial charge on any atom is -0.652 e. The molecule has 0 rings (SSSR count). The highest BCUT2D eigenvalue weighted by molar-refractivity contribution is 5.47. The Bertz CT molecular complexity index is 153. The van der Waals surface area contributed by atoms with Crippen LogP contribution in [0.1, 0.15) is 0 Å². The van der Waals surface area contributed by atoms with Crippen LogP contribution in [0.2, 0.25) is 0 Å². The smallest absolute Gasteiger partial charge is 0.117 e. The Morgan fingerprint density at radius 2 is 1.17 bits per heavy atom. The Balaban J connectivity index is -0.000000196. The first-order chi connectivity index (χ1) is 8.27. The van der Waals surface area contributed by atoms with Gasteiger partial charge in [-0.15, -0.1) is 0 Å². The van der Waals surface area contributed by atoms with E-state index in [1.807, 2.05) is 49.1 Å². The average molecular weight is 270 g/mol. The minimum atomic E-state index is -2.33. The second kappa shape index (κ2) is 18.4. The molecule has 0 aromatic rings. The molecule has 0 aliphatic carbocycles. The van der Waals surface area contributed by atoms with E-state index in [0.29, 0.717) is 0 Å². The van der Waals surface area contributed by atoms with Crippen LogP contribution in [-0.4, -0.2) is 80.9 Å². The quantitative estimate of drug-likeness (QED) is 0.277. The number of carboxylic acid groups (broad SMARTS) is 2. The van der Waals surface area contributed by atoms with Gasteiger partial charge in [-0.3, -0.25) is 10.9 Å². The lowest BCUT2D eigenvalue weighted by molar-refractivity contribution is -0.795. The van der Waals surface area contributed by atoms with Crippen molar-refractivity contribution in [2.24, 2.45) is 0 Å². The van der Waals surface area contributed by atoms with E-state index < -0.39 is 6.16 Å². The Morgan fingerprint density at radius 3 is 1.22 bits per heavy atom. The predicted molar refractivity (Wildman–Crippen MR) is 60.5 cm³/mol. The normalized spacial score (nSPS) is 9.33. The highest BCUT2D eigenvalue weighted by Gasteiger charge is 1.86. The summed E-state index contributed by atoms with van der Waals surface area (Å²) in [6, 6.07) is 0. The van der Waals surface area contributed by atoms with Crippen molar-refractivity contribution in [3.05, 3.63) is 0 Å². The van der Waals surface area contributed by atoms with Gasteiger partial charge in [-0.1, -0.05) is 0 Å². The maximum Gasteiger partial charge on any atom is 0.117 e. The van der Waals surface area contributed by atoms with Crippen LogP contribution in [0.3, 0.4) is 0 Å². The van der Waals surface area contributed by atoms with Gasteiger partial charge in [0.25, 0.3) is 0 Å². The second-order valence-corrected chi connectivity index (χ2v) is 3.57. The minimum absolute atomic E-state index is 0.248. The fraction of sp³-hybridized carbons (Fsp3) is 0.889. The Kier molecular flexibility index (Phi) is 22.7. The van der Waals surface area contributed by atoms with Crippen LogP contribution in [0.5, 0.6) is 0 Å².